The number of aromatic nitrogens is 2. The zero-order valence-corrected chi connectivity index (χ0v) is 16.9. The summed E-state index contributed by atoms with van der Waals surface area (Å²) in [5, 5.41) is 6.09. The van der Waals surface area contributed by atoms with E-state index in [1.54, 1.807) is 31.4 Å². The largest absolute Gasteiger partial charge is 0.385 e. The SMILES string of the molecule is COCCCNC(=O)Cn1c(CNC(=O)c2ccccc2Cl)nc2ccccc21. The Morgan fingerprint density at radius 2 is 1.86 bits per heavy atom. The number of halogens is 1. The lowest BCUT2D eigenvalue weighted by molar-refractivity contribution is -0.121. The molecule has 2 aromatic carbocycles. The molecule has 0 bridgehead atoms. The number of hydrogen-bond acceptors (Lipinski definition) is 4. The average Bonchev–Trinajstić information content (AvgIpc) is 3.07. The first-order valence-corrected chi connectivity index (χ1v) is 9.70. The number of methoxy groups -OCH3 is 1. The van der Waals surface area contributed by atoms with Crippen molar-refractivity contribution < 1.29 is 14.3 Å². The number of amides is 2. The van der Waals surface area contributed by atoms with E-state index in [0.717, 1.165) is 17.5 Å². The fraction of sp³-hybridized carbons (Fsp3) is 0.286. The van der Waals surface area contributed by atoms with E-state index < -0.39 is 0 Å². The number of benzene rings is 2. The van der Waals surface area contributed by atoms with Crippen LogP contribution in [0.3, 0.4) is 0 Å². The minimum absolute atomic E-state index is 0.116. The summed E-state index contributed by atoms with van der Waals surface area (Å²) in [4.78, 5) is 29.4. The highest BCUT2D eigenvalue weighted by molar-refractivity contribution is 6.33. The highest BCUT2D eigenvalue weighted by atomic mass is 35.5. The molecule has 0 atom stereocenters. The van der Waals surface area contributed by atoms with E-state index in [4.69, 9.17) is 16.3 Å². The summed E-state index contributed by atoms with van der Waals surface area (Å²) in [6.07, 6.45) is 0.744. The molecule has 0 aliphatic heterocycles. The molecule has 0 unspecified atom stereocenters. The molecule has 0 aliphatic carbocycles. The van der Waals surface area contributed by atoms with Gasteiger partial charge in [-0.25, -0.2) is 4.98 Å². The van der Waals surface area contributed by atoms with E-state index in [1.807, 2.05) is 28.8 Å². The van der Waals surface area contributed by atoms with Gasteiger partial charge in [-0.15, -0.1) is 0 Å². The Hall–Kier alpha value is -2.90. The molecule has 29 heavy (non-hydrogen) atoms. The Kier molecular flexibility index (Phi) is 7.21. The van der Waals surface area contributed by atoms with Gasteiger partial charge in [0.05, 0.1) is 28.2 Å². The molecule has 7 nitrogen and oxygen atoms in total. The minimum atomic E-state index is -0.293. The zero-order valence-electron chi connectivity index (χ0n) is 16.2. The Morgan fingerprint density at radius 3 is 2.66 bits per heavy atom. The van der Waals surface area contributed by atoms with Crippen molar-refractivity contribution in [3.05, 3.63) is 64.9 Å². The maximum atomic E-state index is 12.5. The van der Waals surface area contributed by atoms with Crippen LogP contribution in [0.5, 0.6) is 0 Å². The third-order valence-electron chi connectivity index (χ3n) is 4.41. The predicted molar refractivity (Wildman–Crippen MR) is 112 cm³/mol. The highest BCUT2D eigenvalue weighted by Gasteiger charge is 2.15. The average molecular weight is 415 g/mol. The number of carbonyl (C=O) groups is 2. The lowest BCUT2D eigenvalue weighted by Gasteiger charge is -2.11. The molecule has 0 saturated carbocycles. The van der Waals surface area contributed by atoms with Gasteiger partial charge >= 0.3 is 0 Å². The van der Waals surface area contributed by atoms with Crippen LogP contribution in [0.4, 0.5) is 0 Å². The summed E-state index contributed by atoms with van der Waals surface area (Å²) in [7, 11) is 1.63. The molecule has 0 aliphatic rings. The molecule has 0 spiro atoms. The maximum Gasteiger partial charge on any atom is 0.253 e. The van der Waals surface area contributed by atoms with Crippen LogP contribution in [-0.4, -0.2) is 41.6 Å². The van der Waals surface area contributed by atoms with E-state index in [2.05, 4.69) is 15.6 Å². The quantitative estimate of drug-likeness (QED) is 0.527. The Morgan fingerprint density at radius 1 is 1.10 bits per heavy atom. The van der Waals surface area contributed by atoms with Gasteiger partial charge in [-0.05, 0) is 30.7 Å². The summed E-state index contributed by atoms with van der Waals surface area (Å²) in [6.45, 7) is 1.42. The van der Waals surface area contributed by atoms with Gasteiger partial charge in [-0.2, -0.15) is 0 Å². The predicted octanol–water partition coefficient (Wildman–Crippen LogP) is 2.77. The maximum absolute atomic E-state index is 12.5. The molecule has 0 saturated heterocycles. The highest BCUT2D eigenvalue weighted by Crippen LogP contribution is 2.17. The third kappa shape index (κ3) is 5.34. The van der Waals surface area contributed by atoms with Crippen LogP contribution in [0.2, 0.25) is 5.02 Å². The first-order valence-electron chi connectivity index (χ1n) is 9.32. The van der Waals surface area contributed by atoms with Crippen LogP contribution in [0.15, 0.2) is 48.5 Å². The topological polar surface area (TPSA) is 85.2 Å². The van der Waals surface area contributed by atoms with Gasteiger partial charge in [0.15, 0.2) is 0 Å². The van der Waals surface area contributed by atoms with Crippen molar-refractivity contribution >= 4 is 34.4 Å². The van der Waals surface area contributed by atoms with Crippen LogP contribution in [0.1, 0.15) is 22.6 Å². The van der Waals surface area contributed by atoms with Crippen LogP contribution in [-0.2, 0) is 22.6 Å². The molecule has 1 heterocycles. The van der Waals surface area contributed by atoms with Gasteiger partial charge < -0.3 is 19.9 Å². The fourth-order valence-electron chi connectivity index (χ4n) is 2.98. The first kappa shape index (κ1) is 20.8. The van der Waals surface area contributed by atoms with Crippen molar-refractivity contribution in [2.45, 2.75) is 19.5 Å². The molecule has 0 radical (unpaired) electrons. The number of nitrogens with zero attached hydrogens (tertiary/aromatic N) is 2. The van der Waals surface area contributed by atoms with Gasteiger partial charge in [0.1, 0.15) is 12.4 Å². The van der Waals surface area contributed by atoms with Crippen molar-refractivity contribution in [3.63, 3.8) is 0 Å². The second-order valence-corrected chi connectivity index (χ2v) is 6.87. The Bertz CT molecular complexity index is 1000. The zero-order chi connectivity index (χ0) is 20.6. The first-order chi connectivity index (χ1) is 14.1. The second kappa shape index (κ2) is 10.0. The van der Waals surface area contributed by atoms with E-state index in [-0.39, 0.29) is 24.9 Å². The van der Waals surface area contributed by atoms with Crippen molar-refractivity contribution in [2.24, 2.45) is 0 Å². The van der Waals surface area contributed by atoms with E-state index >= 15 is 0 Å². The molecular formula is C21H23ClN4O3. The summed E-state index contributed by atoms with van der Waals surface area (Å²) in [5.41, 5.74) is 2.00. The van der Waals surface area contributed by atoms with E-state index in [9.17, 15) is 9.59 Å². The van der Waals surface area contributed by atoms with E-state index in [1.165, 1.54) is 0 Å². The number of ether oxygens (including phenoxy) is 1. The van der Waals surface area contributed by atoms with Gasteiger partial charge in [0.2, 0.25) is 5.91 Å². The van der Waals surface area contributed by atoms with Crippen molar-refractivity contribution in [3.8, 4) is 0 Å². The Labute approximate surface area is 174 Å². The summed E-state index contributed by atoms with van der Waals surface area (Å²) >= 11 is 6.09. The minimum Gasteiger partial charge on any atom is -0.385 e. The van der Waals surface area contributed by atoms with Crippen LogP contribution >= 0.6 is 11.6 Å². The molecule has 1 aromatic heterocycles. The van der Waals surface area contributed by atoms with Gasteiger partial charge in [-0.3, -0.25) is 9.59 Å². The van der Waals surface area contributed by atoms with E-state index in [0.29, 0.717) is 29.6 Å². The van der Waals surface area contributed by atoms with Gasteiger partial charge in [-0.1, -0.05) is 35.9 Å². The summed E-state index contributed by atoms with van der Waals surface area (Å²) < 4.78 is 6.80. The molecule has 8 heteroatoms. The normalized spacial score (nSPS) is 10.8. The lowest BCUT2D eigenvalue weighted by Crippen LogP contribution is -2.31. The molecular weight excluding hydrogens is 392 g/mol. The molecule has 3 aromatic rings. The summed E-state index contributed by atoms with van der Waals surface area (Å²) in [5.74, 6) is 0.180. The molecule has 3 rings (SSSR count). The van der Waals surface area contributed by atoms with Gasteiger partial charge in [0.25, 0.3) is 5.91 Å². The standard InChI is InChI=1S/C21H23ClN4O3/c1-29-12-6-11-23-20(27)14-26-18-10-5-4-9-17(18)25-19(26)13-24-21(28)15-7-2-3-8-16(15)22/h2-5,7-10H,6,11-14H2,1H3,(H,23,27)(H,24,28). The molecule has 152 valence electrons. The van der Waals surface area contributed by atoms with Gasteiger partial charge in [0, 0.05) is 20.3 Å². The van der Waals surface area contributed by atoms with Crippen LogP contribution < -0.4 is 10.6 Å². The fourth-order valence-corrected chi connectivity index (χ4v) is 3.20. The number of fused-ring (bicyclic) bond motifs is 1. The lowest BCUT2D eigenvalue weighted by atomic mass is 10.2. The molecule has 0 fully saturated rings. The monoisotopic (exact) mass is 414 g/mol. The Balaban J connectivity index is 1.73. The van der Waals surface area contributed by atoms with Crippen molar-refractivity contribution in [1.82, 2.24) is 20.2 Å². The van der Waals surface area contributed by atoms with Crippen molar-refractivity contribution in [2.75, 3.05) is 20.3 Å². The second-order valence-electron chi connectivity index (χ2n) is 6.46. The summed E-state index contributed by atoms with van der Waals surface area (Å²) in [6, 6.07) is 14.4. The smallest absolute Gasteiger partial charge is 0.253 e. The van der Waals surface area contributed by atoms with Crippen molar-refractivity contribution in [1.29, 1.82) is 0 Å². The van der Waals surface area contributed by atoms with Crippen LogP contribution in [0, 0.1) is 0 Å². The molecule has 2 N–H and O–H groups in total. The number of rotatable bonds is 9. The number of nitrogens with one attached hydrogen (secondary N) is 2. The molecule has 2 amide bonds. The number of imidazole rings is 1. The number of carbonyl (C=O) groups excluding carboxylic acids is 2. The number of para-hydroxylation sites is 2. The van der Waals surface area contributed by atoms with Crippen LogP contribution in [0.25, 0.3) is 11.0 Å². The number of hydrogen-bond donors (Lipinski definition) is 2. The third-order valence-corrected chi connectivity index (χ3v) is 4.74.